The number of aromatic nitrogens is 1. The largest absolute Gasteiger partial charge is 0.481 e. The SMILES string of the molecule is CC(C)(C(=O)O)c1cccc(CF)n1. The Kier molecular flexibility index (Phi) is 2.84. The van der Waals surface area contributed by atoms with Crippen molar-refractivity contribution in [2.45, 2.75) is 25.9 Å². The molecule has 0 bridgehead atoms. The average Bonchev–Trinajstić information content (AvgIpc) is 2.17. The molecule has 0 saturated carbocycles. The Labute approximate surface area is 81.6 Å². The third kappa shape index (κ3) is 1.89. The smallest absolute Gasteiger partial charge is 0.315 e. The minimum absolute atomic E-state index is 0.261. The van der Waals surface area contributed by atoms with Crippen LogP contribution < -0.4 is 0 Å². The lowest BCUT2D eigenvalue weighted by molar-refractivity contribution is -0.142. The molecule has 0 aromatic carbocycles. The lowest BCUT2D eigenvalue weighted by atomic mass is 9.89. The van der Waals surface area contributed by atoms with Crippen molar-refractivity contribution in [3.8, 4) is 0 Å². The Morgan fingerprint density at radius 2 is 2.21 bits per heavy atom. The fraction of sp³-hybridized carbons (Fsp3) is 0.400. The molecule has 1 rings (SSSR count). The molecule has 0 amide bonds. The molecule has 1 aromatic heterocycles. The van der Waals surface area contributed by atoms with E-state index < -0.39 is 18.1 Å². The van der Waals surface area contributed by atoms with Crippen molar-refractivity contribution in [2.75, 3.05) is 0 Å². The summed E-state index contributed by atoms with van der Waals surface area (Å²) in [6.45, 7) is 2.41. The highest BCUT2D eigenvalue weighted by atomic mass is 19.1. The second kappa shape index (κ2) is 3.74. The van der Waals surface area contributed by atoms with Gasteiger partial charge in [-0.05, 0) is 26.0 Å². The van der Waals surface area contributed by atoms with Gasteiger partial charge in [-0.25, -0.2) is 4.39 Å². The van der Waals surface area contributed by atoms with Gasteiger partial charge in [0.1, 0.15) is 12.1 Å². The molecule has 76 valence electrons. The van der Waals surface area contributed by atoms with E-state index in [0.29, 0.717) is 5.69 Å². The number of rotatable bonds is 3. The van der Waals surface area contributed by atoms with Crippen LogP contribution in [0.15, 0.2) is 18.2 Å². The van der Waals surface area contributed by atoms with Gasteiger partial charge in [0.2, 0.25) is 0 Å². The number of nitrogens with zero attached hydrogens (tertiary/aromatic N) is 1. The standard InChI is InChI=1S/C10H12FNO2/c1-10(2,9(13)14)8-5-3-4-7(6-11)12-8/h3-5H,6H2,1-2H3,(H,13,14). The third-order valence-corrected chi connectivity index (χ3v) is 2.12. The van der Waals surface area contributed by atoms with E-state index in [2.05, 4.69) is 4.98 Å². The predicted octanol–water partition coefficient (Wildman–Crippen LogP) is 1.91. The maximum atomic E-state index is 12.3. The number of alkyl halides is 1. The number of hydrogen-bond acceptors (Lipinski definition) is 2. The summed E-state index contributed by atoms with van der Waals surface area (Å²) in [7, 11) is 0. The summed E-state index contributed by atoms with van der Waals surface area (Å²) < 4.78 is 12.3. The van der Waals surface area contributed by atoms with Crippen LogP contribution in [0, 0.1) is 0 Å². The van der Waals surface area contributed by atoms with E-state index in [1.807, 2.05) is 0 Å². The van der Waals surface area contributed by atoms with Gasteiger partial charge in [0.25, 0.3) is 0 Å². The van der Waals surface area contributed by atoms with Gasteiger partial charge in [-0.3, -0.25) is 9.78 Å². The van der Waals surface area contributed by atoms with Crippen LogP contribution in [0.25, 0.3) is 0 Å². The number of carboxylic acid groups (broad SMARTS) is 1. The van der Waals surface area contributed by atoms with Crippen molar-refractivity contribution in [3.05, 3.63) is 29.6 Å². The minimum Gasteiger partial charge on any atom is -0.481 e. The van der Waals surface area contributed by atoms with E-state index in [1.165, 1.54) is 6.07 Å². The van der Waals surface area contributed by atoms with E-state index in [-0.39, 0.29) is 5.69 Å². The zero-order valence-corrected chi connectivity index (χ0v) is 8.12. The lowest BCUT2D eigenvalue weighted by Gasteiger charge is -2.18. The maximum Gasteiger partial charge on any atom is 0.315 e. The highest BCUT2D eigenvalue weighted by Crippen LogP contribution is 2.21. The van der Waals surface area contributed by atoms with Gasteiger partial charge in [-0.2, -0.15) is 0 Å². The Morgan fingerprint density at radius 1 is 1.57 bits per heavy atom. The molecular weight excluding hydrogens is 185 g/mol. The second-order valence-electron chi connectivity index (χ2n) is 3.58. The zero-order chi connectivity index (χ0) is 10.8. The van der Waals surface area contributed by atoms with Crippen molar-refractivity contribution >= 4 is 5.97 Å². The molecule has 14 heavy (non-hydrogen) atoms. The Balaban J connectivity index is 3.12. The number of carboxylic acids is 1. The summed E-state index contributed by atoms with van der Waals surface area (Å²) in [6, 6.07) is 4.73. The molecule has 1 N–H and O–H groups in total. The van der Waals surface area contributed by atoms with Crippen LogP contribution in [0.5, 0.6) is 0 Å². The molecule has 0 aliphatic heterocycles. The van der Waals surface area contributed by atoms with Crippen LogP contribution >= 0.6 is 0 Å². The predicted molar refractivity (Wildman–Crippen MR) is 49.7 cm³/mol. The summed E-state index contributed by atoms with van der Waals surface area (Å²) in [5.41, 5.74) is -0.442. The lowest BCUT2D eigenvalue weighted by Crippen LogP contribution is -2.29. The van der Waals surface area contributed by atoms with E-state index >= 15 is 0 Å². The summed E-state index contributed by atoms with van der Waals surface area (Å²) in [5, 5.41) is 8.92. The first-order valence-corrected chi connectivity index (χ1v) is 4.24. The van der Waals surface area contributed by atoms with E-state index in [4.69, 9.17) is 5.11 Å². The van der Waals surface area contributed by atoms with Crippen molar-refractivity contribution in [2.24, 2.45) is 0 Å². The molecule has 3 nitrogen and oxygen atoms in total. The number of pyridine rings is 1. The monoisotopic (exact) mass is 197 g/mol. The molecule has 4 heteroatoms. The van der Waals surface area contributed by atoms with Crippen molar-refractivity contribution in [1.29, 1.82) is 0 Å². The molecule has 1 heterocycles. The Morgan fingerprint density at radius 3 is 2.71 bits per heavy atom. The van der Waals surface area contributed by atoms with Gasteiger partial charge in [0, 0.05) is 0 Å². The van der Waals surface area contributed by atoms with Crippen LogP contribution in [0.1, 0.15) is 25.2 Å². The Hall–Kier alpha value is -1.45. The number of hydrogen-bond donors (Lipinski definition) is 1. The molecule has 0 atom stereocenters. The molecule has 0 aliphatic rings. The van der Waals surface area contributed by atoms with Crippen LogP contribution in [-0.4, -0.2) is 16.1 Å². The molecular formula is C10H12FNO2. The number of halogens is 1. The molecule has 1 aromatic rings. The molecule has 0 fully saturated rings. The van der Waals surface area contributed by atoms with Gasteiger partial charge < -0.3 is 5.11 Å². The maximum absolute atomic E-state index is 12.3. The van der Waals surface area contributed by atoms with Crippen molar-refractivity contribution in [1.82, 2.24) is 4.98 Å². The van der Waals surface area contributed by atoms with Gasteiger partial charge in [0.05, 0.1) is 11.4 Å². The van der Waals surface area contributed by atoms with Crippen LogP contribution in [0.4, 0.5) is 4.39 Å². The first-order valence-electron chi connectivity index (χ1n) is 4.24. The third-order valence-electron chi connectivity index (χ3n) is 2.12. The summed E-state index contributed by atoms with van der Waals surface area (Å²) in [4.78, 5) is 14.8. The first-order chi connectivity index (χ1) is 6.48. The fourth-order valence-corrected chi connectivity index (χ4v) is 1.01. The normalized spacial score (nSPS) is 11.4. The quantitative estimate of drug-likeness (QED) is 0.805. The number of carbonyl (C=O) groups is 1. The van der Waals surface area contributed by atoms with E-state index in [0.717, 1.165) is 0 Å². The van der Waals surface area contributed by atoms with Crippen LogP contribution in [0.2, 0.25) is 0 Å². The highest BCUT2D eigenvalue weighted by Gasteiger charge is 2.30. The summed E-state index contributed by atoms with van der Waals surface area (Å²) >= 11 is 0. The molecule has 0 unspecified atom stereocenters. The van der Waals surface area contributed by atoms with Crippen LogP contribution in [0.3, 0.4) is 0 Å². The van der Waals surface area contributed by atoms with Crippen molar-refractivity contribution < 1.29 is 14.3 Å². The molecule has 0 spiro atoms. The average molecular weight is 197 g/mol. The number of aliphatic carboxylic acids is 1. The van der Waals surface area contributed by atoms with E-state index in [9.17, 15) is 9.18 Å². The van der Waals surface area contributed by atoms with Crippen molar-refractivity contribution in [3.63, 3.8) is 0 Å². The topological polar surface area (TPSA) is 50.2 Å². The minimum atomic E-state index is -1.08. The summed E-state index contributed by atoms with van der Waals surface area (Å²) in [5.74, 6) is -0.971. The van der Waals surface area contributed by atoms with Gasteiger partial charge in [-0.15, -0.1) is 0 Å². The fourth-order valence-electron chi connectivity index (χ4n) is 1.01. The van der Waals surface area contributed by atoms with Crippen LogP contribution in [-0.2, 0) is 16.9 Å². The molecule has 0 saturated heterocycles. The second-order valence-corrected chi connectivity index (χ2v) is 3.58. The van der Waals surface area contributed by atoms with Gasteiger partial charge in [0.15, 0.2) is 0 Å². The summed E-state index contributed by atoms with van der Waals surface area (Å²) in [6.07, 6.45) is 0. The molecule has 0 aliphatic carbocycles. The van der Waals surface area contributed by atoms with Gasteiger partial charge >= 0.3 is 5.97 Å². The van der Waals surface area contributed by atoms with Gasteiger partial charge in [-0.1, -0.05) is 6.07 Å². The highest BCUT2D eigenvalue weighted by molar-refractivity contribution is 5.79. The van der Waals surface area contributed by atoms with E-state index in [1.54, 1.807) is 26.0 Å². The zero-order valence-electron chi connectivity index (χ0n) is 8.12. The molecule has 0 radical (unpaired) electrons. The first kappa shape index (κ1) is 10.6. The Bertz CT molecular complexity index is 350.